The van der Waals surface area contributed by atoms with E-state index in [1.54, 1.807) is 12.1 Å². The maximum absolute atomic E-state index is 13.0. The van der Waals surface area contributed by atoms with Gasteiger partial charge >= 0.3 is 6.03 Å². The highest BCUT2D eigenvalue weighted by Crippen LogP contribution is 2.28. The number of carbonyl (C=O) groups excluding carboxylic acids is 3. The van der Waals surface area contributed by atoms with Gasteiger partial charge in [0.1, 0.15) is 5.75 Å². The van der Waals surface area contributed by atoms with Gasteiger partial charge in [0.05, 0.1) is 13.7 Å². The molecule has 0 unspecified atom stereocenters. The summed E-state index contributed by atoms with van der Waals surface area (Å²) in [4.78, 5) is 39.2. The van der Waals surface area contributed by atoms with Gasteiger partial charge in [0.25, 0.3) is 11.8 Å². The average molecular weight is 416 g/mol. The average Bonchev–Trinajstić information content (AvgIpc) is 3.43. The summed E-state index contributed by atoms with van der Waals surface area (Å²) in [5.74, 6) is 5.77. The van der Waals surface area contributed by atoms with Gasteiger partial charge in [-0.15, -0.1) is 0 Å². The topological polar surface area (TPSA) is 99.8 Å². The van der Waals surface area contributed by atoms with E-state index in [2.05, 4.69) is 27.8 Å². The van der Waals surface area contributed by atoms with Crippen molar-refractivity contribution >= 4 is 23.5 Å². The monoisotopic (exact) mass is 416 g/mol. The molecule has 0 radical (unpaired) electrons. The molecule has 1 fully saturated rings. The van der Waals surface area contributed by atoms with Crippen LogP contribution in [0.15, 0.2) is 36.4 Å². The first kappa shape index (κ1) is 19.0. The molecule has 0 saturated carbocycles. The molecule has 8 nitrogen and oxygen atoms in total. The Morgan fingerprint density at radius 3 is 2.77 bits per heavy atom. The van der Waals surface area contributed by atoms with Crippen molar-refractivity contribution in [3.8, 4) is 17.6 Å². The minimum Gasteiger partial charge on any atom is -0.497 e. The number of benzene rings is 2. The molecule has 2 aromatic rings. The maximum atomic E-state index is 13.0. The molecule has 1 saturated heterocycles. The minimum atomic E-state index is -1.52. The molecular formula is C23H20N4O4. The number of nitrogens with one attached hydrogen (secondary N) is 3. The number of rotatable bonds is 3. The molecular weight excluding hydrogens is 396 g/mol. The zero-order chi connectivity index (χ0) is 21.6. The maximum Gasteiger partial charge on any atom is 0.323 e. The van der Waals surface area contributed by atoms with Crippen molar-refractivity contribution in [2.45, 2.75) is 18.5 Å². The Morgan fingerprint density at radius 2 is 2.00 bits per heavy atom. The Morgan fingerprint density at radius 1 is 1.13 bits per heavy atom. The quantitative estimate of drug-likeness (QED) is 0.517. The van der Waals surface area contributed by atoms with E-state index in [1.165, 1.54) is 17.6 Å². The van der Waals surface area contributed by atoms with E-state index in [-0.39, 0.29) is 12.5 Å². The van der Waals surface area contributed by atoms with Crippen molar-refractivity contribution in [3.63, 3.8) is 0 Å². The van der Waals surface area contributed by atoms with Crippen LogP contribution in [0.2, 0.25) is 0 Å². The van der Waals surface area contributed by atoms with Gasteiger partial charge in [-0.25, -0.2) is 4.79 Å². The minimum absolute atomic E-state index is 0.0557. The van der Waals surface area contributed by atoms with Crippen molar-refractivity contribution in [2.24, 2.45) is 0 Å². The van der Waals surface area contributed by atoms with E-state index >= 15 is 0 Å². The lowest BCUT2D eigenvalue weighted by molar-refractivity contribution is -0.122. The van der Waals surface area contributed by atoms with Gasteiger partial charge in [-0.05, 0) is 47.9 Å². The van der Waals surface area contributed by atoms with Gasteiger partial charge in [-0.1, -0.05) is 17.9 Å². The molecule has 3 aliphatic heterocycles. The van der Waals surface area contributed by atoms with Gasteiger partial charge in [-0.3, -0.25) is 14.9 Å². The van der Waals surface area contributed by atoms with Crippen LogP contribution in [0.4, 0.5) is 10.5 Å². The summed E-state index contributed by atoms with van der Waals surface area (Å²) in [6.07, 6.45) is 0.914. The lowest BCUT2D eigenvalue weighted by atomic mass is 9.98. The molecule has 1 atom stereocenters. The highest BCUT2D eigenvalue weighted by Gasteiger charge is 2.48. The van der Waals surface area contributed by atoms with Crippen molar-refractivity contribution in [2.75, 3.05) is 25.5 Å². The summed E-state index contributed by atoms with van der Waals surface area (Å²) in [6.45, 7) is 1.16. The fourth-order valence-electron chi connectivity index (χ4n) is 4.17. The number of anilines is 1. The van der Waals surface area contributed by atoms with Crippen molar-refractivity contribution < 1.29 is 19.1 Å². The van der Waals surface area contributed by atoms with Crippen LogP contribution in [-0.4, -0.2) is 48.5 Å². The summed E-state index contributed by atoms with van der Waals surface area (Å²) < 4.78 is 5.21. The number of amides is 4. The summed E-state index contributed by atoms with van der Waals surface area (Å²) in [5.41, 5.74) is 2.85. The molecule has 156 valence electrons. The van der Waals surface area contributed by atoms with Gasteiger partial charge < -0.3 is 20.3 Å². The lowest BCUT2D eigenvalue weighted by Gasteiger charge is -2.26. The van der Waals surface area contributed by atoms with Crippen LogP contribution in [0.5, 0.6) is 5.75 Å². The van der Waals surface area contributed by atoms with Gasteiger partial charge in [0.15, 0.2) is 0 Å². The third-order valence-electron chi connectivity index (χ3n) is 5.80. The van der Waals surface area contributed by atoms with E-state index in [1.807, 2.05) is 24.3 Å². The normalized spacial score (nSPS) is 20.9. The number of methoxy groups -OCH3 is 1. The second-order valence-electron chi connectivity index (χ2n) is 7.80. The SMILES string of the molecule is COc1ccc2c(c1)C(=O)N(C[C@@]1(C#Cc3ccc4c(c3)CCN4)NC(=O)NC1=O)C2. The first-order chi connectivity index (χ1) is 15.0. The van der Waals surface area contributed by atoms with Gasteiger partial charge in [0, 0.05) is 29.9 Å². The molecule has 5 rings (SSSR count). The molecule has 0 spiro atoms. The predicted octanol–water partition coefficient (Wildman–Crippen LogP) is 1.25. The number of hydrogen-bond acceptors (Lipinski definition) is 5. The number of imide groups is 1. The number of fused-ring (bicyclic) bond motifs is 2. The van der Waals surface area contributed by atoms with E-state index in [0.29, 0.717) is 17.9 Å². The highest BCUT2D eigenvalue weighted by molar-refractivity contribution is 6.10. The van der Waals surface area contributed by atoms with Crippen LogP contribution in [0.3, 0.4) is 0 Å². The Hall–Kier alpha value is -3.99. The van der Waals surface area contributed by atoms with Crippen molar-refractivity contribution in [1.82, 2.24) is 15.5 Å². The molecule has 3 heterocycles. The van der Waals surface area contributed by atoms with Crippen LogP contribution in [-0.2, 0) is 17.8 Å². The second kappa shape index (κ2) is 7.06. The number of hydrogen-bond donors (Lipinski definition) is 3. The summed E-state index contributed by atoms with van der Waals surface area (Å²) in [6, 6.07) is 10.5. The van der Waals surface area contributed by atoms with Crippen molar-refractivity contribution in [1.29, 1.82) is 0 Å². The smallest absolute Gasteiger partial charge is 0.323 e. The summed E-state index contributed by atoms with van der Waals surface area (Å²) in [7, 11) is 1.54. The third kappa shape index (κ3) is 3.24. The molecule has 2 aromatic carbocycles. The number of nitrogens with zero attached hydrogens (tertiary/aromatic N) is 1. The van der Waals surface area contributed by atoms with E-state index in [0.717, 1.165) is 29.8 Å². The van der Waals surface area contributed by atoms with E-state index in [9.17, 15) is 14.4 Å². The lowest BCUT2D eigenvalue weighted by Crippen LogP contribution is -2.54. The fraction of sp³-hybridized carbons (Fsp3) is 0.261. The number of ether oxygens (including phenoxy) is 1. The number of carbonyl (C=O) groups is 3. The molecule has 8 heteroatoms. The Bertz CT molecular complexity index is 1200. The Labute approximate surface area is 178 Å². The van der Waals surface area contributed by atoms with Gasteiger partial charge in [0.2, 0.25) is 5.54 Å². The first-order valence-electron chi connectivity index (χ1n) is 9.97. The summed E-state index contributed by atoms with van der Waals surface area (Å²) >= 11 is 0. The van der Waals surface area contributed by atoms with Gasteiger partial charge in [-0.2, -0.15) is 0 Å². The van der Waals surface area contributed by atoms with Crippen LogP contribution >= 0.6 is 0 Å². The van der Waals surface area contributed by atoms with Crippen LogP contribution in [0.1, 0.15) is 27.0 Å². The van der Waals surface area contributed by atoms with Crippen molar-refractivity contribution in [3.05, 3.63) is 58.7 Å². The fourth-order valence-corrected chi connectivity index (χ4v) is 4.17. The first-order valence-corrected chi connectivity index (χ1v) is 9.97. The van der Waals surface area contributed by atoms with Crippen LogP contribution in [0, 0.1) is 11.8 Å². The zero-order valence-corrected chi connectivity index (χ0v) is 16.9. The van der Waals surface area contributed by atoms with E-state index < -0.39 is 17.5 Å². The third-order valence-corrected chi connectivity index (χ3v) is 5.80. The molecule has 0 aliphatic carbocycles. The Kier molecular flexibility index (Phi) is 4.33. The molecule has 0 bridgehead atoms. The number of urea groups is 1. The predicted molar refractivity (Wildman–Crippen MR) is 113 cm³/mol. The standard InChI is InChI=1S/C23H20N4O4/c1-31-17-4-3-16-12-27(20(28)18(16)11-17)13-23(21(29)25-22(30)26-23)8-6-14-2-5-19-15(10-14)7-9-24-19/h2-5,10-11,24H,7,9,12-13H2,1H3,(H2,25,26,29,30)/t23-/m1/s1. The summed E-state index contributed by atoms with van der Waals surface area (Å²) in [5, 5.41) is 8.18. The highest BCUT2D eigenvalue weighted by atomic mass is 16.5. The molecule has 0 aromatic heterocycles. The van der Waals surface area contributed by atoms with Crippen LogP contribution in [0.25, 0.3) is 0 Å². The molecule has 31 heavy (non-hydrogen) atoms. The molecule has 4 amide bonds. The van der Waals surface area contributed by atoms with E-state index in [4.69, 9.17) is 4.74 Å². The molecule has 3 aliphatic rings. The van der Waals surface area contributed by atoms with Crippen LogP contribution < -0.4 is 20.7 Å². The zero-order valence-electron chi connectivity index (χ0n) is 16.9. The largest absolute Gasteiger partial charge is 0.497 e. The Balaban J connectivity index is 1.45. The second-order valence-corrected chi connectivity index (χ2v) is 7.80. The molecule has 3 N–H and O–H groups in total.